The number of esters is 1. The highest BCUT2D eigenvalue weighted by Crippen LogP contribution is 2.24. The molecule has 30 heavy (non-hydrogen) atoms. The van der Waals surface area contributed by atoms with Crippen molar-refractivity contribution >= 4 is 29.6 Å². The maximum atomic E-state index is 13.5. The van der Waals surface area contributed by atoms with Gasteiger partial charge >= 0.3 is 5.97 Å². The zero-order chi connectivity index (χ0) is 21.8. The predicted molar refractivity (Wildman–Crippen MR) is 99.4 cm³/mol. The van der Waals surface area contributed by atoms with Crippen LogP contribution in [0.5, 0.6) is 0 Å². The van der Waals surface area contributed by atoms with Gasteiger partial charge in [-0.15, -0.1) is 0 Å². The van der Waals surface area contributed by atoms with Gasteiger partial charge in [-0.3, -0.25) is 34.9 Å². The Labute approximate surface area is 169 Å². The number of rotatable bonds is 5. The minimum absolute atomic E-state index is 0.177. The number of ether oxygens (including phenoxy) is 1. The minimum Gasteiger partial charge on any atom is -0.454 e. The van der Waals surface area contributed by atoms with Crippen LogP contribution in [0.4, 0.5) is 4.39 Å². The average molecular weight is 413 g/mol. The topological polar surface area (TPSA) is 122 Å². The molecular weight excluding hydrogens is 397 g/mol. The fourth-order valence-electron chi connectivity index (χ4n) is 2.80. The first-order valence-electron chi connectivity index (χ1n) is 8.78. The Morgan fingerprint density at radius 1 is 0.967 bits per heavy atom. The molecule has 10 heteroatoms. The van der Waals surface area contributed by atoms with Crippen molar-refractivity contribution in [3.8, 4) is 0 Å². The second kappa shape index (κ2) is 8.52. The Morgan fingerprint density at radius 3 is 2.13 bits per heavy atom. The van der Waals surface area contributed by atoms with E-state index in [2.05, 4.69) is 0 Å². The van der Waals surface area contributed by atoms with Crippen LogP contribution in [0.3, 0.4) is 0 Å². The van der Waals surface area contributed by atoms with E-state index in [-0.39, 0.29) is 16.7 Å². The molecule has 3 rings (SSSR count). The number of hydrazine groups is 1. The first-order chi connectivity index (χ1) is 14.3. The molecule has 9 nitrogen and oxygen atoms in total. The molecule has 0 saturated carbocycles. The molecule has 0 unspecified atom stereocenters. The predicted octanol–water partition coefficient (Wildman–Crippen LogP) is 0.815. The molecule has 2 aromatic carbocycles. The molecule has 0 fully saturated rings. The molecule has 0 spiro atoms. The van der Waals surface area contributed by atoms with E-state index in [1.165, 1.54) is 37.3 Å². The molecule has 154 valence electrons. The van der Waals surface area contributed by atoms with Crippen LogP contribution in [-0.2, 0) is 14.3 Å². The van der Waals surface area contributed by atoms with Gasteiger partial charge in [0.25, 0.3) is 23.6 Å². The van der Waals surface area contributed by atoms with Gasteiger partial charge in [-0.2, -0.15) is 0 Å². The monoisotopic (exact) mass is 413 g/mol. The van der Waals surface area contributed by atoms with Crippen molar-refractivity contribution in [3.05, 3.63) is 71.0 Å². The average Bonchev–Trinajstić information content (AvgIpc) is 3.00. The number of carbonyl (C=O) groups excluding carboxylic acids is 5. The first kappa shape index (κ1) is 20.6. The third-order valence-electron chi connectivity index (χ3n) is 4.33. The van der Waals surface area contributed by atoms with E-state index in [9.17, 15) is 28.4 Å². The SMILES string of the molecule is C[C@@H](C(=O)OCC(=O)NNC(=O)c1ccccc1F)N1C(=O)c2ccccc2C1=O. The highest BCUT2D eigenvalue weighted by molar-refractivity contribution is 6.22. The number of halogens is 1. The van der Waals surface area contributed by atoms with E-state index in [1.807, 2.05) is 10.9 Å². The summed E-state index contributed by atoms with van der Waals surface area (Å²) in [5.41, 5.74) is 4.03. The summed E-state index contributed by atoms with van der Waals surface area (Å²) in [6, 6.07) is 10.0. The summed E-state index contributed by atoms with van der Waals surface area (Å²) in [6.07, 6.45) is 0. The van der Waals surface area contributed by atoms with Crippen LogP contribution in [0.25, 0.3) is 0 Å². The lowest BCUT2D eigenvalue weighted by molar-refractivity contribution is -0.152. The lowest BCUT2D eigenvalue weighted by Gasteiger charge is -2.20. The van der Waals surface area contributed by atoms with Gasteiger partial charge in [0.15, 0.2) is 6.61 Å². The third kappa shape index (κ3) is 4.02. The van der Waals surface area contributed by atoms with E-state index in [0.717, 1.165) is 11.0 Å². The minimum atomic E-state index is -1.27. The van der Waals surface area contributed by atoms with Gasteiger partial charge in [0.1, 0.15) is 11.9 Å². The number of nitrogens with one attached hydrogen (secondary N) is 2. The highest BCUT2D eigenvalue weighted by atomic mass is 19.1. The number of nitrogens with zero attached hydrogens (tertiary/aromatic N) is 1. The van der Waals surface area contributed by atoms with Crippen molar-refractivity contribution in [3.63, 3.8) is 0 Å². The highest BCUT2D eigenvalue weighted by Gasteiger charge is 2.41. The van der Waals surface area contributed by atoms with Crippen molar-refractivity contribution in [2.24, 2.45) is 0 Å². The van der Waals surface area contributed by atoms with Crippen molar-refractivity contribution in [2.75, 3.05) is 6.61 Å². The number of fused-ring (bicyclic) bond motifs is 1. The Hall–Kier alpha value is -4.08. The fourth-order valence-corrected chi connectivity index (χ4v) is 2.80. The molecule has 1 heterocycles. The molecular formula is C20H16FN3O6. The largest absolute Gasteiger partial charge is 0.454 e. The van der Waals surface area contributed by atoms with E-state index < -0.39 is 48.1 Å². The summed E-state index contributed by atoms with van der Waals surface area (Å²) in [4.78, 5) is 61.3. The van der Waals surface area contributed by atoms with E-state index in [4.69, 9.17) is 4.74 Å². The van der Waals surface area contributed by atoms with Crippen molar-refractivity contribution < 1.29 is 33.1 Å². The van der Waals surface area contributed by atoms with E-state index >= 15 is 0 Å². The summed E-state index contributed by atoms with van der Waals surface area (Å²) in [5.74, 6) is -4.83. The number of hydrogen-bond donors (Lipinski definition) is 2. The van der Waals surface area contributed by atoms with Crippen molar-refractivity contribution in [2.45, 2.75) is 13.0 Å². The zero-order valence-electron chi connectivity index (χ0n) is 15.7. The summed E-state index contributed by atoms with van der Waals surface area (Å²) in [5, 5.41) is 0. The van der Waals surface area contributed by atoms with Crippen molar-refractivity contribution in [1.82, 2.24) is 15.8 Å². The molecule has 2 N–H and O–H groups in total. The normalized spacial score (nSPS) is 13.5. The third-order valence-corrected chi connectivity index (χ3v) is 4.33. The number of amides is 4. The number of imide groups is 1. The molecule has 4 amide bonds. The summed E-state index contributed by atoms with van der Waals surface area (Å²) >= 11 is 0. The van der Waals surface area contributed by atoms with E-state index in [0.29, 0.717) is 0 Å². The second-order valence-electron chi connectivity index (χ2n) is 6.29. The molecule has 0 saturated heterocycles. The Kier molecular flexibility index (Phi) is 5.86. The number of carbonyl (C=O) groups is 5. The summed E-state index contributed by atoms with van der Waals surface area (Å²) in [7, 11) is 0. The molecule has 1 aliphatic heterocycles. The van der Waals surface area contributed by atoms with Crippen LogP contribution in [0.1, 0.15) is 38.0 Å². The standard InChI is InChI=1S/C20H16FN3O6/c1-11(24-18(27)12-6-2-3-7-13(12)19(24)28)20(29)30-10-16(25)22-23-17(26)14-8-4-5-9-15(14)21/h2-9,11H,10H2,1H3,(H,22,25)(H,23,26)/t11-/m0/s1. The van der Waals surface area contributed by atoms with Gasteiger partial charge < -0.3 is 4.74 Å². The lowest BCUT2D eigenvalue weighted by Crippen LogP contribution is -2.46. The van der Waals surface area contributed by atoms with Crippen LogP contribution < -0.4 is 10.9 Å². The van der Waals surface area contributed by atoms with Gasteiger partial charge in [-0.1, -0.05) is 24.3 Å². The molecule has 0 aliphatic carbocycles. The molecule has 0 bridgehead atoms. The molecule has 2 aromatic rings. The van der Waals surface area contributed by atoms with Gasteiger partial charge in [0.05, 0.1) is 16.7 Å². The fraction of sp³-hybridized carbons (Fsp3) is 0.150. The van der Waals surface area contributed by atoms with Crippen LogP contribution in [0.15, 0.2) is 48.5 Å². The molecule has 0 radical (unpaired) electrons. The Balaban J connectivity index is 1.51. The van der Waals surface area contributed by atoms with Gasteiger partial charge in [-0.05, 0) is 31.2 Å². The lowest BCUT2D eigenvalue weighted by atomic mass is 10.1. The summed E-state index contributed by atoms with van der Waals surface area (Å²) in [6.45, 7) is 0.506. The van der Waals surface area contributed by atoms with Gasteiger partial charge in [0.2, 0.25) is 0 Å². The zero-order valence-corrected chi connectivity index (χ0v) is 15.7. The van der Waals surface area contributed by atoms with Crippen molar-refractivity contribution in [1.29, 1.82) is 0 Å². The second-order valence-corrected chi connectivity index (χ2v) is 6.29. The van der Waals surface area contributed by atoms with Gasteiger partial charge in [0, 0.05) is 0 Å². The summed E-state index contributed by atoms with van der Waals surface area (Å²) < 4.78 is 18.3. The smallest absolute Gasteiger partial charge is 0.329 e. The van der Waals surface area contributed by atoms with Crippen LogP contribution in [0.2, 0.25) is 0 Å². The molecule has 1 atom stereocenters. The van der Waals surface area contributed by atoms with Gasteiger partial charge in [-0.25, -0.2) is 9.18 Å². The quantitative estimate of drug-likeness (QED) is 0.425. The maximum Gasteiger partial charge on any atom is 0.329 e. The molecule has 1 aliphatic rings. The van der Waals surface area contributed by atoms with Crippen LogP contribution in [0, 0.1) is 5.82 Å². The molecule has 0 aromatic heterocycles. The first-order valence-corrected chi connectivity index (χ1v) is 8.78. The Bertz CT molecular complexity index is 1020. The number of hydrogen-bond acceptors (Lipinski definition) is 6. The van der Waals surface area contributed by atoms with Crippen LogP contribution in [-0.4, -0.2) is 47.1 Å². The number of benzene rings is 2. The van der Waals surface area contributed by atoms with E-state index in [1.54, 1.807) is 12.1 Å². The maximum absolute atomic E-state index is 13.5. The Morgan fingerprint density at radius 2 is 1.53 bits per heavy atom. The van der Waals surface area contributed by atoms with Crippen LogP contribution >= 0.6 is 0 Å².